The van der Waals surface area contributed by atoms with Gasteiger partial charge in [0.1, 0.15) is 5.52 Å². The van der Waals surface area contributed by atoms with Gasteiger partial charge in [-0.3, -0.25) is 4.57 Å². The number of rotatable bonds is 7. The molecule has 1 saturated heterocycles. The smallest absolute Gasteiger partial charge is 0.327 e. The number of aromatic nitrogens is 4. The van der Waals surface area contributed by atoms with E-state index >= 15 is 0 Å². The molecule has 0 aliphatic carbocycles. The van der Waals surface area contributed by atoms with E-state index in [1.54, 1.807) is 11.6 Å². The highest BCUT2D eigenvalue weighted by atomic mass is 16.5. The molecular weight excluding hydrogens is 296 g/mol. The Morgan fingerprint density at radius 1 is 1.43 bits per heavy atom. The summed E-state index contributed by atoms with van der Waals surface area (Å²) in [6.07, 6.45) is 4.25. The molecule has 3 heterocycles. The molecule has 0 amide bonds. The van der Waals surface area contributed by atoms with E-state index in [0.717, 1.165) is 38.8 Å². The lowest BCUT2D eigenvalue weighted by Crippen LogP contribution is -2.24. The Balaban J connectivity index is 1.96. The Bertz CT molecular complexity index is 717. The van der Waals surface area contributed by atoms with Crippen molar-refractivity contribution < 1.29 is 4.74 Å². The normalized spacial score (nSPS) is 17.7. The second-order valence-corrected chi connectivity index (χ2v) is 5.80. The van der Waals surface area contributed by atoms with E-state index in [0.29, 0.717) is 29.5 Å². The summed E-state index contributed by atoms with van der Waals surface area (Å²) in [5.74, 6) is 1.16. The molecule has 1 aliphatic heterocycles. The van der Waals surface area contributed by atoms with Gasteiger partial charge >= 0.3 is 5.69 Å². The van der Waals surface area contributed by atoms with Gasteiger partial charge in [0.05, 0.1) is 12.6 Å². The molecule has 1 aliphatic rings. The summed E-state index contributed by atoms with van der Waals surface area (Å²) in [4.78, 5) is 24.1. The molecule has 0 bridgehead atoms. The maximum atomic E-state index is 12.3. The number of nitrogens with one attached hydrogen (secondary N) is 3. The first-order valence-electron chi connectivity index (χ1n) is 8.26. The fourth-order valence-corrected chi connectivity index (χ4v) is 2.83. The standard InChI is InChI=1S/C15H24N6O2/c1-3-4-7-17-14-19-12(16-2)11-13(20-14)21(15(22)18-11)9-10-6-5-8-23-10/h10H,3-9H2,1-2H3,(H,18,22)(H2,16,17,19,20). The summed E-state index contributed by atoms with van der Waals surface area (Å²) < 4.78 is 7.30. The molecule has 1 unspecified atom stereocenters. The van der Waals surface area contributed by atoms with Crippen molar-refractivity contribution in [3.8, 4) is 0 Å². The zero-order valence-electron chi connectivity index (χ0n) is 13.7. The minimum Gasteiger partial charge on any atom is -0.376 e. The third kappa shape index (κ3) is 3.31. The van der Waals surface area contributed by atoms with Crippen molar-refractivity contribution in [1.29, 1.82) is 0 Å². The quantitative estimate of drug-likeness (QED) is 0.670. The molecule has 3 rings (SSSR count). The molecule has 1 fully saturated rings. The Morgan fingerprint density at radius 2 is 2.30 bits per heavy atom. The number of unbranched alkanes of at least 4 members (excludes halogenated alkanes) is 1. The summed E-state index contributed by atoms with van der Waals surface area (Å²) in [7, 11) is 1.79. The van der Waals surface area contributed by atoms with E-state index in [9.17, 15) is 4.79 Å². The molecule has 2 aromatic heterocycles. The fourth-order valence-electron chi connectivity index (χ4n) is 2.83. The molecule has 23 heavy (non-hydrogen) atoms. The number of H-pyrrole nitrogens is 1. The first kappa shape index (κ1) is 15.8. The summed E-state index contributed by atoms with van der Waals surface area (Å²) in [5, 5.41) is 6.25. The second kappa shape index (κ2) is 6.99. The van der Waals surface area contributed by atoms with Gasteiger partial charge in [-0.25, -0.2) is 4.79 Å². The molecule has 8 heteroatoms. The highest BCUT2D eigenvalue weighted by Crippen LogP contribution is 2.21. The third-order valence-electron chi connectivity index (χ3n) is 4.08. The zero-order valence-corrected chi connectivity index (χ0v) is 13.7. The highest BCUT2D eigenvalue weighted by Gasteiger charge is 2.21. The van der Waals surface area contributed by atoms with Crippen molar-refractivity contribution in [1.82, 2.24) is 19.5 Å². The van der Waals surface area contributed by atoms with Crippen LogP contribution in [0, 0.1) is 0 Å². The largest absolute Gasteiger partial charge is 0.376 e. The van der Waals surface area contributed by atoms with E-state index in [1.165, 1.54) is 0 Å². The predicted molar refractivity (Wildman–Crippen MR) is 90.1 cm³/mol. The van der Waals surface area contributed by atoms with Crippen molar-refractivity contribution >= 4 is 22.9 Å². The van der Waals surface area contributed by atoms with Crippen LogP contribution in [0.15, 0.2) is 4.79 Å². The van der Waals surface area contributed by atoms with Gasteiger partial charge < -0.3 is 20.4 Å². The lowest BCUT2D eigenvalue weighted by molar-refractivity contribution is 0.0970. The Hall–Kier alpha value is -2.09. The minimum atomic E-state index is -0.174. The van der Waals surface area contributed by atoms with Crippen molar-refractivity contribution in [2.45, 2.75) is 45.3 Å². The van der Waals surface area contributed by atoms with Crippen LogP contribution in [-0.4, -0.2) is 45.8 Å². The second-order valence-electron chi connectivity index (χ2n) is 5.80. The summed E-state index contributed by atoms with van der Waals surface area (Å²) in [5.41, 5.74) is 1.08. The first-order chi connectivity index (χ1) is 11.2. The third-order valence-corrected chi connectivity index (χ3v) is 4.08. The van der Waals surface area contributed by atoms with Gasteiger partial charge in [0, 0.05) is 20.2 Å². The van der Waals surface area contributed by atoms with Crippen LogP contribution in [-0.2, 0) is 11.3 Å². The van der Waals surface area contributed by atoms with Crippen LogP contribution in [0.1, 0.15) is 32.6 Å². The molecule has 2 aromatic rings. The van der Waals surface area contributed by atoms with E-state index in [4.69, 9.17) is 4.74 Å². The number of fused-ring (bicyclic) bond motifs is 1. The van der Waals surface area contributed by atoms with Crippen LogP contribution >= 0.6 is 0 Å². The van der Waals surface area contributed by atoms with Crippen LogP contribution in [0.3, 0.4) is 0 Å². The number of imidazole rings is 1. The average molecular weight is 320 g/mol. The average Bonchev–Trinajstić information content (AvgIpc) is 3.16. The topological polar surface area (TPSA) is 96.9 Å². The van der Waals surface area contributed by atoms with E-state index in [-0.39, 0.29) is 11.8 Å². The van der Waals surface area contributed by atoms with Crippen molar-refractivity contribution in [2.75, 3.05) is 30.8 Å². The Labute approximate surface area is 134 Å². The predicted octanol–water partition coefficient (Wildman–Crippen LogP) is 1.55. The number of ether oxygens (including phenoxy) is 1. The fraction of sp³-hybridized carbons (Fsp3) is 0.667. The molecule has 0 aromatic carbocycles. The molecule has 0 saturated carbocycles. The maximum absolute atomic E-state index is 12.3. The molecule has 0 spiro atoms. The number of hydrogen-bond acceptors (Lipinski definition) is 6. The number of nitrogens with zero attached hydrogens (tertiary/aromatic N) is 3. The summed E-state index contributed by atoms with van der Waals surface area (Å²) >= 11 is 0. The molecule has 3 N–H and O–H groups in total. The molecule has 0 radical (unpaired) electrons. The van der Waals surface area contributed by atoms with E-state index in [1.807, 2.05) is 0 Å². The number of hydrogen-bond donors (Lipinski definition) is 3. The zero-order chi connectivity index (χ0) is 16.2. The van der Waals surface area contributed by atoms with Gasteiger partial charge in [0.15, 0.2) is 11.5 Å². The molecule has 1 atom stereocenters. The van der Waals surface area contributed by atoms with Gasteiger partial charge in [-0.2, -0.15) is 9.97 Å². The number of aromatic amines is 1. The van der Waals surface area contributed by atoms with Gasteiger partial charge in [-0.1, -0.05) is 13.3 Å². The molecule has 126 valence electrons. The summed E-state index contributed by atoms with van der Waals surface area (Å²) in [6.45, 7) is 4.23. The maximum Gasteiger partial charge on any atom is 0.327 e. The van der Waals surface area contributed by atoms with Gasteiger partial charge in [-0.15, -0.1) is 0 Å². The monoisotopic (exact) mass is 320 g/mol. The van der Waals surface area contributed by atoms with Crippen LogP contribution in [0.5, 0.6) is 0 Å². The molecule has 8 nitrogen and oxygen atoms in total. The lowest BCUT2D eigenvalue weighted by Gasteiger charge is -2.11. The van der Waals surface area contributed by atoms with Crippen molar-refractivity contribution in [2.24, 2.45) is 0 Å². The van der Waals surface area contributed by atoms with Gasteiger partial charge in [0.25, 0.3) is 0 Å². The van der Waals surface area contributed by atoms with Gasteiger partial charge in [0.2, 0.25) is 5.95 Å². The van der Waals surface area contributed by atoms with E-state index < -0.39 is 0 Å². The van der Waals surface area contributed by atoms with Crippen molar-refractivity contribution in [3.63, 3.8) is 0 Å². The van der Waals surface area contributed by atoms with Gasteiger partial charge in [-0.05, 0) is 19.3 Å². The van der Waals surface area contributed by atoms with E-state index in [2.05, 4.69) is 32.5 Å². The lowest BCUT2D eigenvalue weighted by atomic mass is 10.2. The van der Waals surface area contributed by atoms with Crippen molar-refractivity contribution in [3.05, 3.63) is 10.5 Å². The SMILES string of the molecule is CCCCNc1nc(NC)c2[nH]c(=O)n(CC3CCCO3)c2n1. The first-order valence-corrected chi connectivity index (χ1v) is 8.26. The van der Waals surface area contributed by atoms with Crippen LogP contribution in [0.2, 0.25) is 0 Å². The molecular formula is C15H24N6O2. The Morgan fingerprint density at radius 3 is 3.00 bits per heavy atom. The summed E-state index contributed by atoms with van der Waals surface area (Å²) in [6, 6.07) is 0. The Kier molecular flexibility index (Phi) is 4.80. The van der Waals surface area contributed by atoms with Crippen LogP contribution in [0.4, 0.5) is 11.8 Å². The van der Waals surface area contributed by atoms with Crippen LogP contribution in [0.25, 0.3) is 11.2 Å². The highest BCUT2D eigenvalue weighted by molar-refractivity contribution is 5.84. The van der Waals surface area contributed by atoms with Crippen LogP contribution < -0.4 is 16.3 Å². The minimum absolute atomic E-state index is 0.0798. The number of anilines is 2.